The standard InChI is InChI=1S/C14H14N4O3/c15-11-3-1-2-9-6-7-17(8-10(9)11)14(19)12-4-5-13(16-12)18(20)21/h1-5,16H,6-8,15H2. The number of amides is 1. The van der Waals surface area contributed by atoms with E-state index in [9.17, 15) is 14.9 Å². The molecule has 0 radical (unpaired) electrons. The van der Waals surface area contributed by atoms with Crippen LogP contribution in [0.2, 0.25) is 0 Å². The van der Waals surface area contributed by atoms with Crippen LogP contribution >= 0.6 is 0 Å². The first-order valence-corrected chi connectivity index (χ1v) is 6.55. The zero-order chi connectivity index (χ0) is 15.0. The maximum Gasteiger partial charge on any atom is 0.321 e. The Morgan fingerprint density at radius 1 is 1.33 bits per heavy atom. The van der Waals surface area contributed by atoms with E-state index in [0.717, 1.165) is 17.5 Å². The number of nitro groups is 1. The third-order valence-corrected chi connectivity index (χ3v) is 3.69. The first-order chi connectivity index (χ1) is 10.1. The first-order valence-electron chi connectivity index (χ1n) is 6.55. The van der Waals surface area contributed by atoms with Gasteiger partial charge in [-0.05, 0) is 34.6 Å². The third kappa shape index (κ3) is 2.33. The lowest BCUT2D eigenvalue weighted by molar-refractivity contribution is -0.389. The summed E-state index contributed by atoms with van der Waals surface area (Å²) in [5.74, 6) is -0.438. The second-order valence-electron chi connectivity index (χ2n) is 4.98. The van der Waals surface area contributed by atoms with Gasteiger partial charge >= 0.3 is 5.82 Å². The van der Waals surface area contributed by atoms with Gasteiger partial charge in [-0.1, -0.05) is 12.1 Å². The number of carbonyl (C=O) groups excluding carboxylic acids is 1. The van der Waals surface area contributed by atoms with Crippen molar-refractivity contribution in [2.75, 3.05) is 12.3 Å². The molecular formula is C14H14N4O3. The van der Waals surface area contributed by atoms with Crippen LogP contribution in [-0.2, 0) is 13.0 Å². The van der Waals surface area contributed by atoms with E-state index in [-0.39, 0.29) is 17.4 Å². The van der Waals surface area contributed by atoms with Crippen molar-refractivity contribution in [2.24, 2.45) is 0 Å². The summed E-state index contributed by atoms with van der Waals surface area (Å²) in [6.07, 6.45) is 0.731. The molecule has 1 aliphatic rings. The molecule has 3 rings (SSSR count). The van der Waals surface area contributed by atoms with Gasteiger partial charge < -0.3 is 20.7 Å². The molecule has 0 atom stereocenters. The highest BCUT2D eigenvalue weighted by atomic mass is 16.6. The van der Waals surface area contributed by atoms with Gasteiger partial charge in [-0.15, -0.1) is 0 Å². The zero-order valence-electron chi connectivity index (χ0n) is 11.2. The quantitative estimate of drug-likeness (QED) is 0.498. The minimum atomic E-state index is -0.555. The van der Waals surface area contributed by atoms with E-state index in [1.54, 1.807) is 4.90 Å². The lowest BCUT2D eigenvalue weighted by atomic mass is 9.98. The lowest BCUT2D eigenvalue weighted by Gasteiger charge is -2.28. The summed E-state index contributed by atoms with van der Waals surface area (Å²) in [4.78, 5) is 26.7. The van der Waals surface area contributed by atoms with E-state index < -0.39 is 4.92 Å². The molecule has 0 bridgehead atoms. The maximum absolute atomic E-state index is 12.4. The number of rotatable bonds is 2. The van der Waals surface area contributed by atoms with Gasteiger partial charge in [-0.2, -0.15) is 0 Å². The monoisotopic (exact) mass is 286 g/mol. The number of fused-ring (bicyclic) bond motifs is 1. The number of nitrogen functional groups attached to an aromatic ring is 1. The van der Waals surface area contributed by atoms with Gasteiger partial charge in [0.15, 0.2) is 5.69 Å². The van der Waals surface area contributed by atoms with Crippen molar-refractivity contribution in [2.45, 2.75) is 13.0 Å². The summed E-state index contributed by atoms with van der Waals surface area (Å²) in [6, 6.07) is 8.45. The number of nitrogens with zero attached hydrogens (tertiary/aromatic N) is 2. The topological polar surface area (TPSA) is 105 Å². The predicted molar refractivity (Wildman–Crippen MR) is 76.7 cm³/mol. The molecule has 7 nitrogen and oxygen atoms in total. The average Bonchev–Trinajstić information content (AvgIpc) is 2.97. The van der Waals surface area contributed by atoms with Crippen LogP contribution in [-0.4, -0.2) is 27.3 Å². The Hall–Kier alpha value is -2.83. The number of hydrogen-bond acceptors (Lipinski definition) is 4. The van der Waals surface area contributed by atoms with Gasteiger partial charge in [0, 0.05) is 24.8 Å². The Balaban J connectivity index is 1.83. The molecule has 1 amide bonds. The third-order valence-electron chi connectivity index (χ3n) is 3.69. The summed E-state index contributed by atoms with van der Waals surface area (Å²) in [7, 11) is 0. The van der Waals surface area contributed by atoms with Crippen LogP contribution in [0.4, 0.5) is 11.5 Å². The minimum absolute atomic E-state index is 0.185. The van der Waals surface area contributed by atoms with E-state index >= 15 is 0 Å². The van der Waals surface area contributed by atoms with Crippen LogP contribution < -0.4 is 5.73 Å². The van der Waals surface area contributed by atoms with Gasteiger partial charge in [0.1, 0.15) is 0 Å². The SMILES string of the molecule is Nc1cccc2c1CN(C(=O)c1ccc([N+](=O)[O-])[nH]1)CC2. The van der Waals surface area contributed by atoms with Crippen molar-refractivity contribution >= 4 is 17.4 Å². The van der Waals surface area contributed by atoms with Crippen molar-refractivity contribution in [3.05, 3.63) is 57.3 Å². The summed E-state index contributed by atoms with van der Waals surface area (Å²) in [5.41, 5.74) is 8.95. The molecule has 0 unspecified atom stereocenters. The Morgan fingerprint density at radius 2 is 2.14 bits per heavy atom. The molecular weight excluding hydrogens is 272 g/mol. The number of benzene rings is 1. The fraction of sp³-hybridized carbons (Fsp3) is 0.214. The fourth-order valence-corrected chi connectivity index (χ4v) is 2.57. The zero-order valence-corrected chi connectivity index (χ0v) is 11.2. The van der Waals surface area contributed by atoms with Crippen molar-refractivity contribution in [3.63, 3.8) is 0 Å². The van der Waals surface area contributed by atoms with E-state index in [0.29, 0.717) is 18.8 Å². The highest BCUT2D eigenvalue weighted by molar-refractivity contribution is 5.93. The van der Waals surface area contributed by atoms with Crippen molar-refractivity contribution in [3.8, 4) is 0 Å². The number of H-pyrrole nitrogens is 1. The Kier molecular flexibility index (Phi) is 3.09. The Bertz CT molecular complexity index is 723. The normalized spacial score (nSPS) is 13.8. The molecule has 1 aromatic carbocycles. The van der Waals surface area contributed by atoms with Crippen LogP contribution in [0.25, 0.3) is 0 Å². The van der Waals surface area contributed by atoms with Crippen LogP contribution in [0.5, 0.6) is 0 Å². The number of aromatic nitrogens is 1. The van der Waals surface area contributed by atoms with Crippen molar-refractivity contribution in [1.82, 2.24) is 9.88 Å². The lowest BCUT2D eigenvalue weighted by Crippen LogP contribution is -2.36. The number of aromatic amines is 1. The molecule has 108 valence electrons. The number of carbonyl (C=O) groups is 1. The van der Waals surface area contributed by atoms with Gasteiger partial charge in [-0.3, -0.25) is 4.79 Å². The Labute approximate surface area is 120 Å². The highest BCUT2D eigenvalue weighted by Crippen LogP contribution is 2.25. The smallest absolute Gasteiger partial charge is 0.321 e. The molecule has 2 aromatic rings. The van der Waals surface area contributed by atoms with Crippen molar-refractivity contribution < 1.29 is 9.72 Å². The second-order valence-corrected chi connectivity index (χ2v) is 4.98. The largest absolute Gasteiger partial charge is 0.398 e. The van der Waals surface area contributed by atoms with Gasteiger partial charge in [0.25, 0.3) is 5.91 Å². The number of hydrogen-bond donors (Lipinski definition) is 2. The predicted octanol–water partition coefficient (Wildman–Crippen LogP) is 1.70. The summed E-state index contributed by atoms with van der Waals surface area (Å²) >= 11 is 0. The molecule has 2 heterocycles. The fourth-order valence-electron chi connectivity index (χ4n) is 2.57. The molecule has 0 saturated heterocycles. The maximum atomic E-state index is 12.4. The van der Waals surface area contributed by atoms with E-state index in [1.807, 2.05) is 18.2 Å². The van der Waals surface area contributed by atoms with Gasteiger partial charge in [0.05, 0.1) is 0 Å². The van der Waals surface area contributed by atoms with Gasteiger partial charge in [-0.25, -0.2) is 4.98 Å². The molecule has 1 aromatic heterocycles. The van der Waals surface area contributed by atoms with Crippen LogP contribution in [0.15, 0.2) is 30.3 Å². The average molecular weight is 286 g/mol. The van der Waals surface area contributed by atoms with E-state index in [2.05, 4.69) is 4.98 Å². The first kappa shape index (κ1) is 13.2. The van der Waals surface area contributed by atoms with Crippen molar-refractivity contribution in [1.29, 1.82) is 0 Å². The van der Waals surface area contributed by atoms with Crippen LogP contribution in [0.3, 0.4) is 0 Å². The summed E-state index contributed by atoms with van der Waals surface area (Å²) in [6.45, 7) is 0.996. The minimum Gasteiger partial charge on any atom is -0.398 e. The molecule has 0 fully saturated rings. The number of nitrogens with two attached hydrogens (primary N) is 1. The van der Waals surface area contributed by atoms with Crippen LogP contribution in [0, 0.1) is 10.1 Å². The van der Waals surface area contributed by atoms with E-state index in [4.69, 9.17) is 5.73 Å². The molecule has 7 heteroatoms. The molecule has 0 saturated carbocycles. The van der Waals surface area contributed by atoms with E-state index in [1.165, 1.54) is 12.1 Å². The number of anilines is 1. The molecule has 0 aliphatic carbocycles. The number of nitrogens with one attached hydrogen (secondary N) is 1. The summed E-state index contributed by atoms with van der Waals surface area (Å²) in [5, 5.41) is 10.7. The molecule has 21 heavy (non-hydrogen) atoms. The highest BCUT2D eigenvalue weighted by Gasteiger charge is 2.26. The summed E-state index contributed by atoms with van der Waals surface area (Å²) < 4.78 is 0. The second kappa shape index (κ2) is 4.93. The Morgan fingerprint density at radius 3 is 2.86 bits per heavy atom. The molecule has 3 N–H and O–H groups in total. The molecule has 1 aliphatic heterocycles. The van der Waals surface area contributed by atoms with Gasteiger partial charge in [0.2, 0.25) is 0 Å². The molecule has 0 spiro atoms. The van der Waals surface area contributed by atoms with Crippen LogP contribution in [0.1, 0.15) is 21.6 Å².